The summed E-state index contributed by atoms with van der Waals surface area (Å²) in [4.78, 5) is 22.9. The molecule has 4 nitrogen and oxygen atoms in total. The van der Waals surface area contributed by atoms with Crippen molar-refractivity contribution in [1.82, 2.24) is 5.32 Å². The Labute approximate surface area is 133 Å². The van der Waals surface area contributed by atoms with Gasteiger partial charge in [0.1, 0.15) is 6.04 Å². The minimum atomic E-state index is -6.63. The number of rotatable bonds is 8. The van der Waals surface area contributed by atoms with Crippen LogP contribution in [-0.2, 0) is 14.3 Å². The fraction of sp³-hybridized carbons (Fsp3) is 0.846. The number of alkyl halides is 7. The van der Waals surface area contributed by atoms with E-state index in [0.29, 0.717) is 6.42 Å². The van der Waals surface area contributed by atoms with Gasteiger partial charge in [-0.15, -0.1) is 0 Å². The summed E-state index contributed by atoms with van der Waals surface area (Å²) >= 11 is 0. The zero-order valence-electron chi connectivity index (χ0n) is 13.1. The highest BCUT2D eigenvalue weighted by atomic mass is 19.4. The predicted octanol–water partition coefficient (Wildman–Crippen LogP) is 3.30. The van der Waals surface area contributed by atoms with Crippen LogP contribution >= 0.6 is 0 Å². The molecule has 0 spiro atoms. The SMILES string of the molecule is CCCOC(=O)[C@H](CC(C)C)NC(=O)C(F)(F)C(F)(F)C(F)(F)F. The van der Waals surface area contributed by atoms with Crippen molar-refractivity contribution >= 4 is 11.9 Å². The summed E-state index contributed by atoms with van der Waals surface area (Å²) < 4.78 is 93.0. The second kappa shape index (κ2) is 8.02. The fourth-order valence-corrected chi connectivity index (χ4v) is 1.56. The van der Waals surface area contributed by atoms with Gasteiger partial charge in [0.05, 0.1) is 6.61 Å². The van der Waals surface area contributed by atoms with Crippen LogP contribution in [0.5, 0.6) is 0 Å². The summed E-state index contributed by atoms with van der Waals surface area (Å²) in [6.07, 6.45) is -6.55. The first-order valence-electron chi connectivity index (χ1n) is 6.98. The molecule has 0 bridgehead atoms. The molecule has 0 fully saturated rings. The summed E-state index contributed by atoms with van der Waals surface area (Å²) in [5, 5.41) is 1.23. The van der Waals surface area contributed by atoms with Crippen LogP contribution in [0, 0.1) is 5.92 Å². The predicted molar refractivity (Wildman–Crippen MR) is 68.6 cm³/mol. The van der Waals surface area contributed by atoms with Gasteiger partial charge in [0.2, 0.25) is 0 Å². The van der Waals surface area contributed by atoms with Crippen molar-refractivity contribution in [3.8, 4) is 0 Å². The maximum Gasteiger partial charge on any atom is 0.460 e. The Balaban J connectivity index is 5.33. The number of amides is 1. The van der Waals surface area contributed by atoms with Crippen LogP contribution < -0.4 is 5.32 Å². The first-order chi connectivity index (χ1) is 10.7. The highest BCUT2D eigenvalue weighted by Gasteiger charge is 2.76. The molecule has 1 atom stereocenters. The average molecular weight is 369 g/mol. The molecule has 0 saturated carbocycles. The molecule has 1 N–H and O–H groups in total. The van der Waals surface area contributed by atoms with Crippen LogP contribution in [0.4, 0.5) is 30.7 Å². The van der Waals surface area contributed by atoms with E-state index in [9.17, 15) is 40.3 Å². The number of carbonyl (C=O) groups excluding carboxylic acids is 2. The number of hydrogen-bond acceptors (Lipinski definition) is 3. The van der Waals surface area contributed by atoms with Gasteiger partial charge in [0.25, 0.3) is 5.91 Å². The monoisotopic (exact) mass is 369 g/mol. The van der Waals surface area contributed by atoms with Crippen molar-refractivity contribution in [2.24, 2.45) is 5.92 Å². The molecule has 142 valence electrons. The lowest BCUT2D eigenvalue weighted by Crippen LogP contribution is -2.61. The van der Waals surface area contributed by atoms with Crippen molar-refractivity contribution < 1.29 is 45.1 Å². The summed E-state index contributed by atoms with van der Waals surface area (Å²) in [7, 11) is 0. The molecule has 11 heteroatoms. The minimum Gasteiger partial charge on any atom is -0.464 e. The van der Waals surface area contributed by atoms with Crippen molar-refractivity contribution in [3.63, 3.8) is 0 Å². The molecule has 0 aliphatic carbocycles. The molecule has 1 amide bonds. The minimum absolute atomic E-state index is 0.127. The second-order valence-corrected chi connectivity index (χ2v) is 5.47. The quantitative estimate of drug-likeness (QED) is 0.528. The molecule has 0 radical (unpaired) electrons. The van der Waals surface area contributed by atoms with Gasteiger partial charge in [0, 0.05) is 0 Å². The van der Waals surface area contributed by atoms with Crippen molar-refractivity contribution in [3.05, 3.63) is 0 Å². The summed E-state index contributed by atoms with van der Waals surface area (Å²) in [6, 6.07) is -1.76. The molecule has 0 unspecified atom stereocenters. The van der Waals surface area contributed by atoms with E-state index >= 15 is 0 Å². The Morgan fingerprint density at radius 3 is 1.92 bits per heavy atom. The molecule has 0 aliphatic rings. The van der Waals surface area contributed by atoms with Crippen molar-refractivity contribution in [2.75, 3.05) is 6.61 Å². The molecule has 24 heavy (non-hydrogen) atoms. The van der Waals surface area contributed by atoms with E-state index in [1.807, 2.05) is 0 Å². The van der Waals surface area contributed by atoms with Crippen LogP contribution in [0.3, 0.4) is 0 Å². The van der Waals surface area contributed by atoms with E-state index in [2.05, 4.69) is 4.74 Å². The molecular weight excluding hydrogens is 351 g/mol. The lowest BCUT2D eigenvalue weighted by atomic mass is 10.0. The number of hydrogen-bond donors (Lipinski definition) is 1. The zero-order chi connectivity index (χ0) is 19.3. The van der Waals surface area contributed by atoms with E-state index in [4.69, 9.17) is 0 Å². The van der Waals surface area contributed by atoms with Crippen LogP contribution in [0.25, 0.3) is 0 Å². The summed E-state index contributed by atoms with van der Waals surface area (Å²) in [5.41, 5.74) is 0. The maximum absolute atomic E-state index is 13.3. The number of esters is 1. The molecule has 0 aromatic rings. The summed E-state index contributed by atoms with van der Waals surface area (Å²) in [6.45, 7) is 4.53. The van der Waals surface area contributed by atoms with E-state index in [1.165, 1.54) is 19.2 Å². The van der Waals surface area contributed by atoms with Crippen molar-refractivity contribution in [1.29, 1.82) is 0 Å². The number of ether oxygens (including phenoxy) is 1. The molecular formula is C13H18F7NO3. The highest BCUT2D eigenvalue weighted by Crippen LogP contribution is 2.46. The lowest BCUT2D eigenvalue weighted by molar-refractivity contribution is -0.344. The van der Waals surface area contributed by atoms with Crippen LogP contribution in [0.2, 0.25) is 0 Å². The number of nitrogens with one attached hydrogen (secondary N) is 1. The number of halogens is 7. The summed E-state index contributed by atoms with van der Waals surface area (Å²) in [5.74, 6) is -17.1. The van der Waals surface area contributed by atoms with Gasteiger partial charge in [-0.3, -0.25) is 4.79 Å². The Hall–Kier alpha value is -1.55. The van der Waals surface area contributed by atoms with Gasteiger partial charge < -0.3 is 10.1 Å². The maximum atomic E-state index is 13.3. The normalized spacial score (nSPS) is 14.5. The van der Waals surface area contributed by atoms with Crippen LogP contribution in [0.15, 0.2) is 0 Å². The molecule has 0 aromatic heterocycles. The van der Waals surface area contributed by atoms with Crippen LogP contribution in [-0.4, -0.2) is 42.5 Å². The topological polar surface area (TPSA) is 55.4 Å². The van der Waals surface area contributed by atoms with Gasteiger partial charge in [-0.05, 0) is 18.8 Å². The number of carbonyl (C=O) groups is 2. The molecule has 0 heterocycles. The smallest absolute Gasteiger partial charge is 0.460 e. The average Bonchev–Trinajstić information content (AvgIpc) is 2.41. The molecule has 0 aliphatic heterocycles. The second-order valence-electron chi connectivity index (χ2n) is 5.47. The fourth-order valence-electron chi connectivity index (χ4n) is 1.56. The van der Waals surface area contributed by atoms with Gasteiger partial charge in [-0.1, -0.05) is 20.8 Å². The van der Waals surface area contributed by atoms with Gasteiger partial charge in [0.15, 0.2) is 0 Å². The zero-order valence-corrected chi connectivity index (χ0v) is 13.1. The van der Waals surface area contributed by atoms with E-state index < -0.39 is 35.9 Å². The van der Waals surface area contributed by atoms with Gasteiger partial charge >= 0.3 is 24.0 Å². The molecule has 0 aromatic carbocycles. The Morgan fingerprint density at radius 1 is 1.04 bits per heavy atom. The Kier molecular flexibility index (Phi) is 7.50. The molecule has 0 saturated heterocycles. The van der Waals surface area contributed by atoms with Gasteiger partial charge in [-0.2, -0.15) is 30.7 Å². The van der Waals surface area contributed by atoms with Gasteiger partial charge in [-0.25, -0.2) is 4.79 Å². The third-order valence-corrected chi connectivity index (χ3v) is 2.78. The van der Waals surface area contributed by atoms with E-state index in [-0.39, 0.29) is 18.9 Å². The van der Waals surface area contributed by atoms with E-state index in [0.717, 1.165) is 0 Å². The van der Waals surface area contributed by atoms with Crippen LogP contribution in [0.1, 0.15) is 33.6 Å². The highest BCUT2D eigenvalue weighted by molar-refractivity contribution is 5.89. The lowest BCUT2D eigenvalue weighted by Gasteiger charge is -2.28. The third kappa shape index (κ3) is 5.23. The third-order valence-electron chi connectivity index (χ3n) is 2.78. The first kappa shape index (κ1) is 22.4. The Bertz CT molecular complexity index is 449. The first-order valence-corrected chi connectivity index (χ1v) is 6.98. The Morgan fingerprint density at radius 2 is 1.54 bits per heavy atom. The molecule has 0 rings (SSSR count). The van der Waals surface area contributed by atoms with Crippen molar-refractivity contribution in [2.45, 2.75) is 57.7 Å². The standard InChI is InChI=1S/C13H18F7NO3/c1-4-5-24-9(22)8(6-7(2)3)21-10(23)11(14,15)12(16,17)13(18,19)20/h7-8H,4-6H2,1-3H3,(H,21,23)/t8-/m0/s1. The largest absolute Gasteiger partial charge is 0.464 e. The van der Waals surface area contributed by atoms with E-state index in [1.54, 1.807) is 6.92 Å².